The van der Waals surface area contributed by atoms with Gasteiger partial charge in [-0.15, -0.1) is 0 Å². The van der Waals surface area contributed by atoms with E-state index in [4.69, 9.17) is 0 Å². The van der Waals surface area contributed by atoms with Gasteiger partial charge in [-0.1, -0.05) is 58.5 Å². The molecule has 0 heterocycles. The summed E-state index contributed by atoms with van der Waals surface area (Å²) < 4.78 is 0. The molecule has 0 rings (SSSR count). The molecule has 0 saturated heterocycles. The molecular formula is C9H26Si2. The molecule has 0 fully saturated rings. The SMILES string of the molecule is CCC.C[SiH](C)CC[SiH](C)C. The second-order valence-electron chi connectivity index (χ2n) is 4.07. The topological polar surface area (TPSA) is 0 Å². The van der Waals surface area contributed by atoms with Crippen LogP contribution in [0.4, 0.5) is 0 Å². The standard InChI is InChI=1S/C6H18Si2.C3H8/c1-7(2)5-6-8(3)4;1-3-2/h7-8H,5-6H2,1-4H3;3H2,1-2H3. The monoisotopic (exact) mass is 190 g/mol. The molecule has 0 N–H and O–H groups in total. The average molecular weight is 190 g/mol. The van der Waals surface area contributed by atoms with Gasteiger partial charge in [0.05, 0.1) is 0 Å². The molecule has 0 spiro atoms. The summed E-state index contributed by atoms with van der Waals surface area (Å²) in [5.41, 5.74) is 0. The van der Waals surface area contributed by atoms with Gasteiger partial charge in [-0.25, -0.2) is 0 Å². The highest BCUT2D eigenvalue weighted by atomic mass is 28.3. The molecule has 0 aliphatic heterocycles. The van der Waals surface area contributed by atoms with E-state index in [-0.39, 0.29) is 17.6 Å². The maximum Gasteiger partial charge on any atom is 0.0302 e. The maximum atomic E-state index is 2.44. The molecule has 0 bridgehead atoms. The molecule has 0 aromatic carbocycles. The Morgan fingerprint density at radius 3 is 1.00 bits per heavy atom. The zero-order valence-corrected chi connectivity index (χ0v) is 11.6. The zero-order valence-electron chi connectivity index (χ0n) is 9.28. The Labute approximate surface area is 76.6 Å². The van der Waals surface area contributed by atoms with Gasteiger partial charge in [0.1, 0.15) is 0 Å². The molecule has 0 amide bonds. The molecular weight excluding hydrogens is 164 g/mol. The smallest absolute Gasteiger partial charge is 0.0302 e. The minimum Gasteiger partial charge on any atom is -0.0722 e. The molecule has 0 aromatic heterocycles. The van der Waals surface area contributed by atoms with E-state index in [1.54, 1.807) is 12.1 Å². The maximum absolute atomic E-state index is 2.44. The Hall–Kier alpha value is 0.434. The van der Waals surface area contributed by atoms with Crippen molar-refractivity contribution in [2.24, 2.45) is 0 Å². The first-order chi connectivity index (χ1) is 5.04. The minimum absolute atomic E-state index is 0.192. The Balaban J connectivity index is 0. The summed E-state index contributed by atoms with van der Waals surface area (Å²) in [4.78, 5) is 0. The van der Waals surface area contributed by atoms with Crippen molar-refractivity contribution in [2.45, 2.75) is 58.5 Å². The summed E-state index contributed by atoms with van der Waals surface area (Å²) in [5, 5.41) is 0. The lowest BCUT2D eigenvalue weighted by molar-refractivity contribution is 1.09. The quantitative estimate of drug-likeness (QED) is 0.599. The van der Waals surface area contributed by atoms with Gasteiger partial charge < -0.3 is 0 Å². The van der Waals surface area contributed by atoms with E-state index in [1.807, 2.05) is 0 Å². The number of hydrogen-bond acceptors (Lipinski definition) is 0. The van der Waals surface area contributed by atoms with Gasteiger partial charge in [-0.05, 0) is 0 Å². The zero-order chi connectivity index (χ0) is 9.28. The summed E-state index contributed by atoms with van der Waals surface area (Å²) in [6.07, 6.45) is 1.25. The highest BCUT2D eigenvalue weighted by molar-refractivity contribution is 6.61. The van der Waals surface area contributed by atoms with Crippen LogP contribution in [0.3, 0.4) is 0 Å². The van der Waals surface area contributed by atoms with Crippen molar-refractivity contribution in [2.75, 3.05) is 0 Å². The second kappa shape index (κ2) is 10.4. The highest BCUT2D eigenvalue weighted by Crippen LogP contribution is 2.01. The molecule has 0 radical (unpaired) electrons. The lowest BCUT2D eigenvalue weighted by Gasteiger charge is -2.03. The van der Waals surface area contributed by atoms with Crippen LogP contribution < -0.4 is 0 Å². The third-order valence-corrected chi connectivity index (χ3v) is 4.96. The summed E-state index contributed by atoms with van der Waals surface area (Å²) >= 11 is 0. The predicted octanol–water partition coefficient (Wildman–Crippen LogP) is 3.38. The van der Waals surface area contributed by atoms with Gasteiger partial charge in [0.2, 0.25) is 0 Å². The fraction of sp³-hybridized carbons (Fsp3) is 1.00. The lowest BCUT2D eigenvalue weighted by Crippen LogP contribution is -2.05. The van der Waals surface area contributed by atoms with Crippen molar-refractivity contribution in [3.8, 4) is 0 Å². The van der Waals surface area contributed by atoms with Crippen molar-refractivity contribution < 1.29 is 0 Å². The summed E-state index contributed by atoms with van der Waals surface area (Å²) in [6, 6.07) is 3.17. The van der Waals surface area contributed by atoms with E-state index in [1.165, 1.54) is 6.42 Å². The first kappa shape index (κ1) is 14.0. The largest absolute Gasteiger partial charge is 0.0722 e. The third kappa shape index (κ3) is 25.1. The number of hydrogen-bond donors (Lipinski definition) is 0. The third-order valence-electron chi connectivity index (χ3n) is 1.32. The fourth-order valence-electron chi connectivity index (χ4n) is 0.667. The van der Waals surface area contributed by atoms with E-state index >= 15 is 0 Å². The van der Waals surface area contributed by atoms with Crippen molar-refractivity contribution in [1.82, 2.24) is 0 Å². The first-order valence-electron chi connectivity index (χ1n) is 5.04. The molecule has 0 nitrogen and oxygen atoms in total. The molecule has 70 valence electrons. The Morgan fingerprint density at radius 1 is 0.727 bits per heavy atom. The van der Waals surface area contributed by atoms with Crippen LogP contribution in [0, 0.1) is 0 Å². The molecule has 11 heavy (non-hydrogen) atoms. The molecule has 0 aromatic rings. The Bertz CT molecular complexity index is 52.6. The molecule has 0 saturated carbocycles. The van der Waals surface area contributed by atoms with Crippen LogP contribution in [0.1, 0.15) is 20.3 Å². The van der Waals surface area contributed by atoms with Crippen molar-refractivity contribution in [1.29, 1.82) is 0 Å². The van der Waals surface area contributed by atoms with Crippen LogP contribution in [0.2, 0.25) is 38.3 Å². The van der Waals surface area contributed by atoms with Crippen LogP contribution in [0.5, 0.6) is 0 Å². The highest BCUT2D eigenvalue weighted by Gasteiger charge is 1.98. The van der Waals surface area contributed by atoms with Gasteiger partial charge in [0.25, 0.3) is 0 Å². The van der Waals surface area contributed by atoms with Gasteiger partial charge in [0.15, 0.2) is 0 Å². The predicted molar refractivity (Wildman–Crippen MR) is 63.3 cm³/mol. The van der Waals surface area contributed by atoms with E-state index in [0.717, 1.165) is 0 Å². The average Bonchev–Trinajstić information content (AvgIpc) is 1.85. The molecule has 0 aliphatic rings. The van der Waals surface area contributed by atoms with Crippen molar-refractivity contribution in [3.05, 3.63) is 0 Å². The van der Waals surface area contributed by atoms with Crippen LogP contribution in [-0.4, -0.2) is 17.6 Å². The molecule has 0 aliphatic carbocycles. The molecule has 2 heteroatoms. The van der Waals surface area contributed by atoms with Gasteiger partial charge in [-0.3, -0.25) is 0 Å². The number of rotatable bonds is 3. The normalized spacial score (nSPS) is 9.82. The molecule has 0 atom stereocenters. The van der Waals surface area contributed by atoms with Crippen LogP contribution >= 0.6 is 0 Å². The van der Waals surface area contributed by atoms with E-state index in [9.17, 15) is 0 Å². The van der Waals surface area contributed by atoms with E-state index in [0.29, 0.717) is 0 Å². The summed E-state index contributed by atoms with van der Waals surface area (Å²) in [7, 11) is -0.384. The Kier molecular flexibility index (Phi) is 13.3. The van der Waals surface area contributed by atoms with Crippen LogP contribution in [0.15, 0.2) is 0 Å². The van der Waals surface area contributed by atoms with Gasteiger partial charge in [-0.2, -0.15) is 0 Å². The summed E-state index contributed by atoms with van der Waals surface area (Å²) in [6.45, 7) is 14.0. The molecule has 0 unspecified atom stereocenters. The lowest BCUT2D eigenvalue weighted by atomic mass is 10.6. The second-order valence-corrected chi connectivity index (χ2v) is 10.8. The van der Waals surface area contributed by atoms with Crippen molar-refractivity contribution in [3.63, 3.8) is 0 Å². The minimum atomic E-state index is -0.192. The van der Waals surface area contributed by atoms with Crippen LogP contribution in [-0.2, 0) is 0 Å². The van der Waals surface area contributed by atoms with Gasteiger partial charge in [0, 0.05) is 17.6 Å². The first-order valence-corrected chi connectivity index (χ1v) is 11.3. The van der Waals surface area contributed by atoms with Crippen LogP contribution in [0.25, 0.3) is 0 Å². The van der Waals surface area contributed by atoms with Gasteiger partial charge >= 0.3 is 0 Å². The Morgan fingerprint density at radius 2 is 0.909 bits per heavy atom. The van der Waals surface area contributed by atoms with Crippen molar-refractivity contribution >= 4 is 17.6 Å². The van der Waals surface area contributed by atoms with E-state index < -0.39 is 0 Å². The fourth-order valence-corrected chi connectivity index (χ4v) is 6.00. The summed E-state index contributed by atoms with van der Waals surface area (Å²) in [5.74, 6) is 0. The van der Waals surface area contributed by atoms with E-state index in [2.05, 4.69) is 40.0 Å².